The lowest BCUT2D eigenvalue weighted by atomic mass is 9.98. The number of aliphatic hydroxyl groups is 1. The summed E-state index contributed by atoms with van der Waals surface area (Å²) >= 11 is 0. The first kappa shape index (κ1) is 20.5. The lowest BCUT2D eigenvalue weighted by molar-refractivity contribution is -0.132. The number of hydrogen-bond acceptors (Lipinski definition) is 5. The molecule has 1 aliphatic heterocycles. The minimum absolute atomic E-state index is 0.00973. The summed E-state index contributed by atoms with van der Waals surface area (Å²) in [6.45, 7) is 5.68. The standard InChI is InChI=1S/C25H23NO5/c1-14-7-9-18(15(2)12-14)26-22(20-6-5-11-31-20)21(24(28)25(26)29)23(27)17-8-10-19(30-4)16(3)13-17/h5-13,22,27H,1-4H3/b23-21-. The molecule has 1 unspecified atom stereocenters. The fourth-order valence-electron chi connectivity index (χ4n) is 4.05. The lowest BCUT2D eigenvalue weighted by Gasteiger charge is -2.25. The van der Waals surface area contributed by atoms with Gasteiger partial charge >= 0.3 is 0 Å². The molecule has 2 aromatic carbocycles. The fraction of sp³-hybridized carbons (Fsp3) is 0.200. The van der Waals surface area contributed by atoms with Crippen LogP contribution in [-0.4, -0.2) is 23.9 Å². The van der Waals surface area contributed by atoms with Gasteiger partial charge in [0.2, 0.25) is 0 Å². The molecule has 4 rings (SSSR count). The van der Waals surface area contributed by atoms with E-state index in [0.717, 1.165) is 16.7 Å². The number of benzene rings is 2. The Morgan fingerprint density at radius 3 is 2.42 bits per heavy atom. The molecule has 6 nitrogen and oxygen atoms in total. The lowest BCUT2D eigenvalue weighted by Crippen LogP contribution is -2.30. The van der Waals surface area contributed by atoms with E-state index in [1.54, 1.807) is 37.4 Å². The molecule has 158 valence electrons. The predicted octanol–water partition coefficient (Wildman–Crippen LogP) is 4.84. The van der Waals surface area contributed by atoms with Gasteiger partial charge in [0.1, 0.15) is 23.3 Å². The highest BCUT2D eigenvalue weighted by Crippen LogP contribution is 2.43. The van der Waals surface area contributed by atoms with Gasteiger partial charge in [0.15, 0.2) is 0 Å². The molecular formula is C25H23NO5. The Morgan fingerprint density at radius 2 is 1.81 bits per heavy atom. The van der Waals surface area contributed by atoms with Crippen molar-refractivity contribution in [1.82, 2.24) is 0 Å². The van der Waals surface area contributed by atoms with E-state index in [0.29, 0.717) is 22.8 Å². The number of methoxy groups -OCH3 is 1. The van der Waals surface area contributed by atoms with Crippen molar-refractivity contribution in [3.63, 3.8) is 0 Å². The highest BCUT2D eigenvalue weighted by atomic mass is 16.5. The van der Waals surface area contributed by atoms with E-state index in [-0.39, 0.29) is 11.3 Å². The summed E-state index contributed by atoms with van der Waals surface area (Å²) in [4.78, 5) is 27.7. The zero-order valence-electron chi connectivity index (χ0n) is 17.8. The minimum atomic E-state index is -0.876. The molecule has 0 aliphatic carbocycles. The van der Waals surface area contributed by atoms with Gasteiger partial charge in [-0.05, 0) is 68.3 Å². The van der Waals surface area contributed by atoms with E-state index in [2.05, 4.69) is 0 Å². The molecule has 1 N–H and O–H groups in total. The van der Waals surface area contributed by atoms with Crippen LogP contribution in [0.3, 0.4) is 0 Å². The Bertz CT molecular complexity index is 1210. The molecule has 31 heavy (non-hydrogen) atoms. The maximum atomic E-state index is 13.1. The number of carbonyl (C=O) groups is 2. The summed E-state index contributed by atoms with van der Waals surface area (Å²) in [6, 6.07) is 13.2. The second-order valence-electron chi connectivity index (χ2n) is 7.66. The van der Waals surface area contributed by atoms with Crippen LogP contribution < -0.4 is 9.64 Å². The van der Waals surface area contributed by atoms with Crippen molar-refractivity contribution in [1.29, 1.82) is 0 Å². The molecule has 0 bridgehead atoms. The van der Waals surface area contributed by atoms with Crippen molar-refractivity contribution in [2.45, 2.75) is 26.8 Å². The number of ketones is 1. The number of ether oxygens (including phenoxy) is 1. The zero-order chi connectivity index (χ0) is 22.3. The molecule has 1 atom stereocenters. The van der Waals surface area contributed by atoms with Gasteiger partial charge in [-0.15, -0.1) is 0 Å². The third-order valence-electron chi connectivity index (χ3n) is 5.54. The molecule has 0 saturated carbocycles. The van der Waals surface area contributed by atoms with Crippen LogP contribution in [0, 0.1) is 20.8 Å². The van der Waals surface area contributed by atoms with Crippen LogP contribution in [0.1, 0.15) is 34.1 Å². The summed E-state index contributed by atoms with van der Waals surface area (Å²) in [5.74, 6) is -0.661. The van der Waals surface area contributed by atoms with Gasteiger partial charge in [0, 0.05) is 11.3 Å². The predicted molar refractivity (Wildman–Crippen MR) is 117 cm³/mol. The summed E-state index contributed by atoms with van der Waals surface area (Å²) in [7, 11) is 1.56. The topological polar surface area (TPSA) is 80.0 Å². The highest BCUT2D eigenvalue weighted by Gasteiger charge is 2.48. The molecule has 0 radical (unpaired) electrons. The molecule has 6 heteroatoms. The molecule has 3 aromatic rings. The van der Waals surface area contributed by atoms with E-state index in [1.165, 1.54) is 11.2 Å². The van der Waals surface area contributed by atoms with Crippen LogP contribution in [0.25, 0.3) is 5.76 Å². The molecule has 2 heterocycles. The van der Waals surface area contributed by atoms with E-state index in [4.69, 9.17) is 9.15 Å². The van der Waals surface area contributed by atoms with E-state index in [1.807, 2.05) is 39.0 Å². The number of anilines is 1. The van der Waals surface area contributed by atoms with Gasteiger partial charge in [-0.3, -0.25) is 14.5 Å². The number of Topliss-reactive ketones (excluding diaryl/α,β-unsaturated/α-hetero) is 1. The average molecular weight is 417 g/mol. The van der Waals surface area contributed by atoms with Gasteiger partial charge < -0.3 is 14.3 Å². The van der Waals surface area contributed by atoms with Gasteiger partial charge in [0.05, 0.1) is 18.9 Å². The number of amides is 1. The van der Waals surface area contributed by atoms with Gasteiger partial charge in [-0.2, -0.15) is 0 Å². The highest BCUT2D eigenvalue weighted by molar-refractivity contribution is 6.51. The van der Waals surface area contributed by atoms with Crippen molar-refractivity contribution in [3.8, 4) is 5.75 Å². The number of rotatable bonds is 4. The second-order valence-corrected chi connectivity index (χ2v) is 7.66. The molecule has 0 spiro atoms. The first-order valence-corrected chi connectivity index (χ1v) is 9.90. The Morgan fingerprint density at radius 1 is 1.03 bits per heavy atom. The number of furan rings is 1. The maximum absolute atomic E-state index is 13.1. The summed E-state index contributed by atoms with van der Waals surface area (Å²) in [5.41, 5.74) is 3.70. The number of aryl methyl sites for hydroxylation is 3. The third-order valence-corrected chi connectivity index (χ3v) is 5.54. The van der Waals surface area contributed by atoms with Gasteiger partial charge in [0.25, 0.3) is 11.7 Å². The number of aliphatic hydroxyl groups excluding tert-OH is 1. The van der Waals surface area contributed by atoms with Crippen LogP contribution in [0.5, 0.6) is 5.75 Å². The maximum Gasteiger partial charge on any atom is 0.300 e. The molecule has 1 fully saturated rings. The average Bonchev–Trinajstić information content (AvgIpc) is 3.35. The van der Waals surface area contributed by atoms with Crippen molar-refractivity contribution in [2.24, 2.45) is 0 Å². The normalized spacial score (nSPS) is 17.9. The number of carbonyl (C=O) groups excluding carboxylic acids is 2. The monoisotopic (exact) mass is 417 g/mol. The minimum Gasteiger partial charge on any atom is -0.507 e. The summed E-state index contributed by atoms with van der Waals surface area (Å²) in [6.07, 6.45) is 1.48. The smallest absolute Gasteiger partial charge is 0.300 e. The van der Waals surface area contributed by atoms with E-state index < -0.39 is 17.7 Å². The fourth-order valence-corrected chi connectivity index (χ4v) is 4.05. The first-order valence-electron chi connectivity index (χ1n) is 9.90. The number of hydrogen-bond donors (Lipinski definition) is 1. The van der Waals surface area contributed by atoms with Crippen LogP contribution >= 0.6 is 0 Å². The largest absolute Gasteiger partial charge is 0.507 e. The molecule has 1 aromatic heterocycles. The van der Waals surface area contributed by atoms with Gasteiger partial charge in [-0.1, -0.05) is 17.7 Å². The Hall–Kier alpha value is -3.80. The quantitative estimate of drug-likeness (QED) is 0.373. The Labute approximate surface area is 180 Å². The first-order chi connectivity index (χ1) is 14.8. The van der Waals surface area contributed by atoms with Crippen molar-refractivity contribution in [2.75, 3.05) is 12.0 Å². The summed E-state index contributed by atoms with van der Waals surface area (Å²) < 4.78 is 10.9. The van der Waals surface area contributed by atoms with Crippen LogP contribution in [0.4, 0.5) is 5.69 Å². The number of nitrogens with zero attached hydrogens (tertiary/aromatic N) is 1. The Kier molecular flexibility index (Phi) is 5.15. The van der Waals surface area contributed by atoms with Crippen molar-refractivity contribution in [3.05, 3.63) is 88.4 Å². The Balaban J connectivity index is 1.93. The zero-order valence-corrected chi connectivity index (χ0v) is 17.8. The van der Waals surface area contributed by atoms with E-state index >= 15 is 0 Å². The SMILES string of the molecule is COc1ccc(/C(O)=C2/C(=O)C(=O)N(c3ccc(C)cc3C)C2c2ccco2)cc1C. The molecule has 1 amide bonds. The van der Waals surface area contributed by atoms with Crippen molar-refractivity contribution >= 4 is 23.1 Å². The van der Waals surface area contributed by atoms with Crippen LogP contribution in [-0.2, 0) is 9.59 Å². The van der Waals surface area contributed by atoms with E-state index in [9.17, 15) is 14.7 Å². The van der Waals surface area contributed by atoms with Crippen LogP contribution in [0.2, 0.25) is 0 Å². The van der Waals surface area contributed by atoms with Gasteiger partial charge in [-0.25, -0.2) is 0 Å². The second kappa shape index (κ2) is 7.80. The van der Waals surface area contributed by atoms with Crippen molar-refractivity contribution < 1.29 is 23.8 Å². The van der Waals surface area contributed by atoms with Crippen LogP contribution in [0.15, 0.2) is 64.8 Å². The molecular weight excluding hydrogens is 394 g/mol. The third kappa shape index (κ3) is 3.40. The molecule has 1 aliphatic rings. The summed E-state index contributed by atoms with van der Waals surface area (Å²) in [5, 5.41) is 11.1. The molecule has 1 saturated heterocycles.